The summed E-state index contributed by atoms with van der Waals surface area (Å²) in [7, 11) is 0. The van der Waals surface area contributed by atoms with E-state index in [1.165, 1.54) is 24.3 Å². The Bertz CT molecular complexity index is 853. The van der Waals surface area contributed by atoms with Crippen LogP contribution < -0.4 is 4.74 Å². The van der Waals surface area contributed by atoms with Crippen LogP contribution in [0.1, 0.15) is 15.9 Å². The Hall–Kier alpha value is -3.20. The summed E-state index contributed by atoms with van der Waals surface area (Å²) in [4.78, 5) is 12.0. The van der Waals surface area contributed by atoms with Crippen LogP contribution in [-0.4, -0.2) is 5.78 Å². The maximum Gasteiger partial charge on any atom is 0.185 e. The van der Waals surface area contributed by atoms with Gasteiger partial charge in [0.05, 0.1) is 0 Å². The molecule has 0 amide bonds. The molecule has 0 atom stereocenters. The van der Waals surface area contributed by atoms with E-state index in [0.29, 0.717) is 5.56 Å². The van der Waals surface area contributed by atoms with Crippen LogP contribution in [0.2, 0.25) is 0 Å². The van der Waals surface area contributed by atoms with Gasteiger partial charge in [0.15, 0.2) is 5.78 Å². The summed E-state index contributed by atoms with van der Waals surface area (Å²) >= 11 is 0. The Morgan fingerprint density at radius 1 is 0.833 bits per heavy atom. The summed E-state index contributed by atoms with van der Waals surface area (Å²) in [5, 5.41) is 0. The largest absolute Gasteiger partial charge is 0.457 e. The Balaban J connectivity index is 1.66. The van der Waals surface area contributed by atoms with Gasteiger partial charge in [-0.25, -0.2) is 4.39 Å². The molecule has 0 aliphatic heterocycles. The second-order valence-corrected chi connectivity index (χ2v) is 5.19. The monoisotopic (exact) mass is 318 g/mol. The number of ether oxygens (including phenoxy) is 1. The van der Waals surface area contributed by atoms with E-state index in [1.807, 2.05) is 54.6 Å². The predicted molar refractivity (Wildman–Crippen MR) is 92.7 cm³/mol. The third-order valence-electron chi connectivity index (χ3n) is 3.40. The quantitative estimate of drug-likeness (QED) is 0.458. The number of benzene rings is 3. The van der Waals surface area contributed by atoms with Gasteiger partial charge in [-0.2, -0.15) is 0 Å². The van der Waals surface area contributed by atoms with Crippen molar-refractivity contribution in [3.63, 3.8) is 0 Å². The molecular formula is C21H15FO2. The highest BCUT2D eigenvalue weighted by Gasteiger charge is 2.02. The number of hydrogen-bond acceptors (Lipinski definition) is 2. The number of para-hydroxylation sites is 1. The number of ketones is 1. The van der Waals surface area contributed by atoms with Crippen LogP contribution >= 0.6 is 0 Å². The summed E-state index contributed by atoms with van der Waals surface area (Å²) in [6.07, 6.45) is 3.13. The number of allylic oxidation sites excluding steroid dienone is 1. The van der Waals surface area contributed by atoms with E-state index < -0.39 is 5.82 Å². The van der Waals surface area contributed by atoms with E-state index in [9.17, 15) is 9.18 Å². The lowest BCUT2D eigenvalue weighted by atomic mass is 10.1. The van der Waals surface area contributed by atoms with Crippen molar-refractivity contribution in [3.8, 4) is 11.5 Å². The number of carbonyl (C=O) groups excluding carboxylic acids is 1. The molecule has 0 saturated carbocycles. The second-order valence-electron chi connectivity index (χ2n) is 5.19. The van der Waals surface area contributed by atoms with Gasteiger partial charge < -0.3 is 4.74 Å². The normalized spacial score (nSPS) is 10.7. The summed E-state index contributed by atoms with van der Waals surface area (Å²) in [6, 6.07) is 22.5. The lowest BCUT2D eigenvalue weighted by Crippen LogP contribution is -1.94. The molecule has 118 valence electrons. The van der Waals surface area contributed by atoms with E-state index in [1.54, 1.807) is 12.1 Å². The predicted octanol–water partition coefficient (Wildman–Crippen LogP) is 5.51. The van der Waals surface area contributed by atoms with Gasteiger partial charge in [-0.3, -0.25) is 4.79 Å². The van der Waals surface area contributed by atoms with Crippen molar-refractivity contribution < 1.29 is 13.9 Å². The van der Waals surface area contributed by atoms with Gasteiger partial charge in [0.2, 0.25) is 0 Å². The van der Waals surface area contributed by atoms with Gasteiger partial charge in [-0.05, 0) is 48.0 Å². The van der Waals surface area contributed by atoms with Crippen molar-refractivity contribution >= 4 is 11.9 Å². The molecule has 0 aliphatic carbocycles. The molecule has 3 aromatic rings. The lowest BCUT2D eigenvalue weighted by molar-refractivity contribution is 0.104. The molecule has 2 nitrogen and oxygen atoms in total. The zero-order valence-corrected chi connectivity index (χ0v) is 12.9. The topological polar surface area (TPSA) is 26.3 Å². The van der Waals surface area contributed by atoms with Crippen molar-refractivity contribution in [1.29, 1.82) is 0 Å². The Morgan fingerprint density at radius 3 is 2.25 bits per heavy atom. The average Bonchev–Trinajstić information content (AvgIpc) is 2.62. The van der Waals surface area contributed by atoms with Crippen LogP contribution in [0.4, 0.5) is 4.39 Å². The molecule has 0 N–H and O–H groups in total. The van der Waals surface area contributed by atoms with Gasteiger partial charge in [-0.1, -0.05) is 48.5 Å². The molecule has 3 rings (SSSR count). The highest BCUT2D eigenvalue weighted by atomic mass is 19.1. The van der Waals surface area contributed by atoms with E-state index in [2.05, 4.69) is 0 Å². The molecule has 3 aromatic carbocycles. The van der Waals surface area contributed by atoms with Crippen molar-refractivity contribution in [2.75, 3.05) is 0 Å². The minimum absolute atomic E-state index is 0.237. The summed E-state index contributed by atoms with van der Waals surface area (Å²) in [5.74, 6) is 0.827. The Morgan fingerprint density at radius 2 is 1.54 bits per heavy atom. The molecule has 0 spiro atoms. The first-order chi connectivity index (χ1) is 11.7. The lowest BCUT2D eigenvalue weighted by Gasteiger charge is -2.05. The minimum Gasteiger partial charge on any atom is -0.457 e. The van der Waals surface area contributed by atoms with Gasteiger partial charge in [-0.15, -0.1) is 0 Å². The fourth-order valence-electron chi connectivity index (χ4n) is 2.18. The maximum atomic E-state index is 13.1. The van der Waals surface area contributed by atoms with Crippen molar-refractivity contribution in [1.82, 2.24) is 0 Å². The first-order valence-electron chi connectivity index (χ1n) is 7.52. The molecule has 3 heteroatoms. The van der Waals surface area contributed by atoms with Crippen molar-refractivity contribution in [3.05, 3.63) is 102 Å². The zero-order chi connectivity index (χ0) is 16.8. The molecule has 0 saturated heterocycles. The maximum absolute atomic E-state index is 13.1. The first kappa shape index (κ1) is 15.7. The van der Waals surface area contributed by atoms with E-state index in [-0.39, 0.29) is 5.78 Å². The Kier molecular flexibility index (Phi) is 4.82. The molecule has 0 aliphatic rings. The summed E-state index contributed by atoms with van der Waals surface area (Å²) in [6.45, 7) is 0. The first-order valence-corrected chi connectivity index (χ1v) is 7.52. The SMILES string of the molecule is O=C(C=Cc1ccc(Oc2ccccc2)cc1)c1cccc(F)c1. The number of rotatable bonds is 5. The zero-order valence-electron chi connectivity index (χ0n) is 12.9. The van der Waals surface area contributed by atoms with Crippen LogP contribution in [-0.2, 0) is 0 Å². The third kappa shape index (κ3) is 4.17. The fraction of sp³-hybridized carbons (Fsp3) is 0. The molecule has 24 heavy (non-hydrogen) atoms. The molecule has 0 unspecified atom stereocenters. The van der Waals surface area contributed by atoms with Crippen LogP contribution in [0.15, 0.2) is 84.9 Å². The molecular weight excluding hydrogens is 303 g/mol. The summed E-state index contributed by atoms with van der Waals surface area (Å²) in [5.41, 5.74) is 1.19. The van der Waals surface area contributed by atoms with E-state index in [0.717, 1.165) is 17.1 Å². The minimum atomic E-state index is -0.420. The van der Waals surface area contributed by atoms with E-state index >= 15 is 0 Å². The van der Waals surface area contributed by atoms with Crippen molar-refractivity contribution in [2.45, 2.75) is 0 Å². The molecule has 0 fully saturated rings. The summed E-state index contributed by atoms with van der Waals surface area (Å²) < 4.78 is 18.8. The van der Waals surface area contributed by atoms with E-state index in [4.69, 9.17) is 4.74 Å². The standard InChI is InChI=1S/C21H15FO2/c22-18-6-4-5-17(15-18)21(23)14-11-16-9-12-20(13-10-16)24-19-7-2-1-3-8-19/h1-15H. The molecule has 0 bridgehead atoms. The van der Waals surface area contributed by atoms with Gasteiger partial charge >= 0.3 is 0 Å². The van der Waals surface area contributed by atoms with Gasteiger partial charge in [0.25, 0.3) is 0 Å². The third-order valence-corrected chi connectivity index (χ3v) is 3.40. The average molecular weight is 318 g/mol. The number of hydrogen-bond donors (Lipinski definition) is 0. The van der Waals surface area contributed by atoms with Crippen LogP contribution in [0.3, 0.4) is 0 Å². The van der Waals surface area contributed by atoms with Gasteiger partial charge in [0.1, 0.15) is 17.3 Å². The molecule has 0 heterocycles. The van der Waals surface area contributed by atoms with Crippen LogP contribution in [0.25, 0.3) is 6.08 Å². The highest BCUT2D eigenvalue weighted by molar-refractivity contribution is 6.06. The van der Waals surface area contributed by atoms with Gasteiger partial charge in [0, 0.05) is 5.56 Å². The number of halogens is 1. The molecule has 0 aromatic heterocycles. The van der Waals surface area contributed by atoms with Crippen molar-refractivity contribution in [2.24, 2.45) is 0 Å². The fourth-order valence-corrected chi connectivity index (χ4v) is 2.18. The molecule has 0 radical (unpaired) electrons. The van der Waals surface area contributed by atoms with Crippen LogP contribution in [0.5, 0.6) is 11.5 Å². The second kappa shape index (κ2) is 7.38. The van der Waals surface area contributed by atoms with Crippen LogP contribution in [0, 0.1) is 5.82 Å². The smallest absolute Gasteiger partial charge is 0.185 e. The highest BCUT2D eigenvalue weighted by Crippen LogP contribution is 2.21. The Labute approximate surface area is 139 Å². The number of carbonyl (C=O) groups is 1.